The minimum atomic E-state index is -0.756. The second-order valence-corrected chi connectivity index (χ2v) is 8.76. The molecule has 1 N–H and O–H groups in total. The van der Waals surface area contributed by atoms with E-state index >= 15 is 0 Å². The molecule has 6 nitrogen and oxygen atoms in total. The van der Waals surface area contributed by atoms with Crippen molar-refractivity contribution in [2.75, 3.05) is 6.54 Å². The highest BCUT2D eigenvalue weighted by Crippen LogP contribution is 2.35. The fraction of sp³-hybridized carbons (Fsp3) is 0.591. The molecule has 0 atom stereocenters. The molecule has 4 amide bonds. The molecule has 2 saturated carbocycles. The van der Waals surface area contributed by atoms with Crippen LogP contribution in [0.15, 0.2) is 24.3 Å². The minimum Gasteiger partial charge on any atom is -0.334 e. The van der Waals surface area contributed by atoms with E-state index in [1.807, 2.05) is 4.90 Å². The second-order valence-electron chi connectivity index (χ2n) is 8.76. The van der Waals surface area contributed by atoms with Crippen LogP contribution in [0.5, 0.6) is 0 Å². The van der Waals surface area contributed by atoms with Gasteiger partial charge in [-0.2, -0.15) is 0 Å². The maximum atomic E-state index is 13.0. The van der Waals surface area contributed by atoms with Crippen molar-refractivity contribution >= 4 is 17.8 Å². The number of benzene rings is 1. The Kier molecular flexibility index (Phi) is 4.89. The van der Waals surface area contributed by atoms with Gasteiger partial charge in [-0.15, -0.1) is 0 Å². The van der Waals surface area contributed by atoms with Gasteiger partial charge in [-0.25, -0.2) is 4.79 Å². The lowest BCUT2D eigenvalue weighted by atomic mass is 9.98. The average Bonchev–Trinajstić information content (AvgIpc) is 3.36. The van der Waals surface area contributed by atoms with Crippen molar-refractivity contribution in [2.24, 2.45) is 0 Å². The van der Waals surface area contributed by atoms with Crippen molar-refractivity contribution in [3.8, 4) is 0 Å². The van der Waals surface area contributed by atoms with E-state index in [9.17, 15) is 14.4 Å². The molecule has 1 aromatic rings. The fourth-order valence-corrected chi connectivity index (χ4v) is 4.38. The number of carbonyl (C=O) groups is 3. The van der Waals surface area contributed by atoms with Crippen LogP contribution >= 0.6 is 0 Å². The highest BCUT2D eigenvalue weighted by atomic mass is 16.2. The summed E-state index contributed by atoms with van der Waals surface area (Å²) in [6, 6.07) is 8.15. The van der Waals surface area contributed by atoms with Crippen LogP contribution in [0.25, 0.3) is 0 Å². The third-order valence-corrected chi connectivity index (χ3v) is 6.30. The molecule has 0 radical (unpaired) electrons. The molecule has 6 heteroatoms. The van der Waals surface area contributed by atoms with E-state index in [1.54, 1.807) is 0 Å². The van der Waals surface area contributed by atoms with E-state index in [-0.39, 0.29) is 24.4 Å². The molecule has 1 spiro atoms. The van der Waals surface area contributed by atoms with E-state index in [0.29, 0.717) is 25.3 Å². The average molecular weight is 383 g/mol. The summed E-state index contributed by atoms with van der Waals surface area (Å²) in [5, 5.41) is 2.85. The van der Waals surface area contributed by atoms with Crippen molar-refractivity contribution in [2.45, 2.75) is 76.4 Å². The van der Waals surface area contributed by atoms with Crippen LogP contribution in [0.4, 0.5) is 4.79 Å². The molecule has 0 bridgehead atoms. The van der Waals surface area contributed by atoms with Gasteiger partial charge >= 0.3 is 6.03 Å². The summed E-state index contributed by atoms with van der Waals surface area (Å²) in [6.07, 6.45) is 5.20. The Balaban J connectivity index is 1.44. The van der Waals surface area contributed by atoms with Crippen molar-refractivity contribution in [3.63, 3.8) is 0 Å². The summed E-state index contributed by atoms with van der Waals surface area (Å²) in [6.45, 7) is 4.68. The lowest BCUT2D eigenvalue weighted by molar-refractivity contribution is -0.139. The normalized spacial score (nSPS) is 20.9. The molecule has 1 saturated heterocycles. The first-order chi connectivity index (χ1) is 13.4. The Morgan fingerprint density at radius 2 is 1.82 bits per heavy atom. The smallest absolute Gasteiger partial charge is 0.325 e. The molecule has 0 unspecified atom stereocenters. The zero-order valence-corrected chi connectivity index (χ0v) is 16.7. The molecule has 28 heavy (non-hydrogen) atoms. The minimum absolute atomic E-state index is 0.144. The maximum absolute atomic E-state index is 13.0. The van der Waals surface area contributed by atoms with Gasteiger partial charge in [-0.1, -0.05) is 51.0 Å². The number of hydrogen-bond acceptors (Lipinski definition) is 3. The largest absolute Gasteiger partial charge is 0.334 e. The van der Waals surface area contributed by atoms with Gasteiger partial charge in [0.1, 0.15) is 12.1 Å². The van der Waals surface area contributed by atoms with Crippen LogP contribution in [0.1, 0.15) is 69.4 Å². The SMILES string of the molecule is CC(C)c1ccc(CN(C(=O)CN2C(=O)NC3(CCCC3)C2=O)C2CC2)cc1. The number of nitrogens with zero attached hydrogens (tertiary/aromatic N) is 2. The maximum Gasteiger partial charge on any atom is 0.325 e. The van der Waals surface area contributed by atoms with Crippen LogP contribution in [-0.4, -0.2) is 45.8 Å². The van der Waals surface area contributed by atoms with Gasteiger partial charge in [-0.05, 0) is 42.7 Å². The summed E-state index contributed by atoms with van der Waals surface area (Å²) < 4.78 is 0. The van der Waals surface area contributed by atoms with Crippen LogP contribution in [0.3, 0.4) is 0 Å². The zero-order valence-electron chi connectivity index (χ0n) is 16.7. The van der Waals surface area contributed by atoms with Crippen LogP contribution in [-0.2, 0) is 16.1 Å². The lowest BCUT2D eigenvalue weighted by Crippen LogP contribution is -2.46. The van der Waals surface area contributed by atoms with Crippen molar-refractivity contribution in [3.05, 3.63) is 35.4 Å². The molecule has 1 aromatic carbocycles. The van der Waals surface area contributed by atoms with Crippen molar-refractivity contribution in [1.82, 2.24) is 15.1 Å². The highest BCUT2D eigenvalue weighted by Gasteiger charge is 2.53. The number of nitrogens with one attached hydrogen (secondary N) is 1. The van der Waals surface area contributed by atoms with Gasteiger partial charge in [-0.3, -0.25) is 14.5 Å². The Morgan fingerprint density at radius 3 is 2.39 bits per heavy atom. The first kappa shape index (κ1) is 19.0. The summed E-state index contributed by atoms with van der Waals surface area (Å²) in [7, 11) is 0. The summed E-state index contributed by atoms with van der Waals surface area (Å²) in [5.74, 6) is 0.104. The Bertz CT molecular complexity index is 777. The molecule has 150 valence electrons. The fourth-order valence-electron chi connectivity index (χ4n) is 4.38. The van der Waals surface area contributed by atoms with Crippen LogP contribution in [0.2, 0.25) is 0 Å². The van der Waals surface area contributed by atoms with Gasteiger partial charge in [0.2, 0.25) is 5.91 Å². The number of imide groups is 1. The third kappa shape index (κ3) is 3.52. The summed E-state index contributed by atoms with van der Waals surface area (Å²) in [4.78, 5) is 41.2. The Hall–Kier alpha value is -2.37. The van der Waals surface area contributed by atoms with Gasteiger partial charge < -0.3 is 10.2 Å². The first-order valence-electron chi connectivity index (χ1n) is 10.4. The number of amides is 4. The Labute approximate surface area is 166 Å². The molecular weight excluding hydrogens is 354 g/mol. The first-order valence-corrected chi connectivity index (χ1v) is 10.4. The number of urea groups is 1. The summed E-state index contributed by atoms with van der Waals surface area (Å²) >= 11 is 0. The van der Waals surface area contributed by atoms with Crippen molar-refractivity contribution in [1.29, 1.82) is 0 Å². The second kappa shape index (κ2) is 7.22. The van der Waals surface area contributed by atoms with Crippen LogP contribution in [0, 0.1) is 0 Å². The molecule has 0 aromatic heterocycles. The van der Waals surface area contributed by atoms with E-state index in [4.69, 9.17) is 0 Å². The molecular formula is C22H29N3O3. The number of carbonyl (C=O) groups excluding carboxylic acids is 3. The lowest BCUT2D eigenvalue weighted by Gasteiger charge is -2.25. The molecule has 3 aliphatic rings. The predicted molar refractivity (Wildman–Crippen MR) is 106 cm³/mol. The van der Waals surface area contributed by atoms with Crippen LogP contribution < -0.4 is 5.32 Å². The van der Waals surface area contributed by atoms with Gasteiger partial charge in [0.25, 0.3) is 5.91 Å². The monoisotopic (exact) mass is 383 g/mol. The number of hydrogen-bond donors (Lipinski definition) is 1. The topological polar surface area (TPSA) is 69.7 Å². The Morgan fingerprint density at radius 1 is 1.18 bits per heavy atom. The molecule has 2 aliphatic carbocycles. The molecule has 1 aliphatic heterocycles. The zero-order chi connectivity index (χ0) is 19.9. The van der Waals surface area contributed by atoms with Crippen molar-refractivity contribution < 1.29 is 14.4 Å². The molecule has 3 fully saturated rings. The van der Waals surface area contributed by atoms with E-state index < -0.39 is 11.6 Å². The molecule has 1 heterocycles. The van der Waals surface area contributed by atoms with E-state index in [2.05, 4.69) is 43.4 Å². The van der Waals surface area contributed by atoms with Gasteiger partial charge in [0.15, 0.2) is 0 Å². The standard InChI is InChI=1S/C22H29N3O3/c1-15(2)17-7-5-16(6-8-17)13-24(18-9-10-18)19(26)14-25-20(27)22(23-21(25)28)11-3-4-12-22/h5-8,15,18H,3-4,9-14H2,1-2H3,(H,23,28). The van der Waals surface area contributed by atoms with Gasteiger partial charge in [0, 0.05) is 12.6 Å². The van der Waals surface area contributed by atoms with Gasteiger partial charge in [0.05, 0.1) is 0 Å². The predicted octanol–water partition coefficient (Wildman–Crippen LogP) is 3.17. The van der Waals surface area contributed by atoms with E-state index in [0.717, 1.165) is 36.1 Å². The number of rotatable bonds is 6. The summed E-state index contributed by atoms with van der Waals surface area (Å²) in [5.41, 5.74) is 1.59. The third-order valence-electron chi connectivity index (χ3n) is 6.30. The highest BCUT2D eigenvalue weighted by molar-refractivity contribution is 6.09. The quantitative estimate of drug-likeness (QED) is 0.767. The molecule has 4 rings (SSSR count). The van der Waals surface area contributed by atoms with E-state index in [1.165, 1.54) is 5.56 Å².